The van der Waals surface area contributed by atoms with Crippen molar-refractivity contribution in [3.05, 3.63) is 47.5 Å². The van der Waals surface area contributed by atoms with Crippen molar-refractivity contribution in [2.45, 2.75) is 58.1 Å². The summed E-state index contributed by atoms with van der Waals surface area (Å²) >= 11 is 2.65. The second-order valence-electron chi connectivity index (χ2n) is 7.35. The predicted molar refractivity (Wildman–Crippen MR) is 125 cm³/mol. The predicted octanol–water partition coefficient (Wildman–Crippen LogP) is 4.79. The molecule has 2 aliphatic rings. The van der Waals surface area contributed by atoms with Gasteiger partial charge in [0.1, 0.15) is 10.1 Å². The molecule has 2 aromatic rings. The Labute approximate surface area is 195 Å². The molecule has 0 saturated heterocycles. The van der Waals surface area contributed by atoms with Gasteiger partial charge in [-0.1, -0.05) is 49.5 Å². The zero-order valence-electron chi connectivity index (χ0n) is 17.1. The molecule has 0 fully saturated rings. The first-order valence-corrected chi connectivity index (χ1v) is 14.3. The minimum atomic E-state index is -4.29. The number of benzene rings is 2. The molecule has 2 aliphatic heterocycles. The summed E-state index contributed by atoms with van der Waals surface area (Å²) in [6.07, 6.45) is 1.49. The molecule has 2 atom stereocenters. The van der Waals surface area contributed by atoms with E-state index in [9.17, 15) is 25.9 Å². The molecule has 4 rings (SSSR count). The maximum Gasteiger partial charge on any atom is 0.294 e. The minimum Gasteiger partial charge on any atom is -0.282 e. The van der Waals surface area contributed by atoms with Crippen LogP contribution in [-0.2, 0) is 20.2 Å². The second kappa shape index (κ2) is 8.58. The Balaban J connectivity index is 1.67. The van der Waals surface area contributed by atoms with E-state index in [0.29, 0.717) is 0 Å². The summed E-state index contributed by atoms with van der Waals surface area (Å²) in [5.41, 5.74) is 1.88. The van der Waals surface area contributed by atoms with Gasteiger partial charge in [-0.2, -0.15) is 16.8 Å². The molecule has 170 valence electrons. The highest BCUT2D eigenvalue weighted by molar-refractivity contribution is 8.15. The Morgan fingerprint density at radius 3 is 1.44 bits per heavy atom. The third-order valence-electron chi connectivity index (χ3n) is 5.41. The van der Waals surface area contributed by atoms with Crippen LogP contribution in [0.2, 0.25) is 0 Å². The van der Waals surface area contributed by atoms with E-state index in [2.05, 4.69) is 10.2 Å². The molecule has 0 radical (unpaired) electrons. The average Bonchev–Trinajstić information content (AvgIpc) is 3.26. The van der Waals surface area contributed by atoms with E-state index >= 15 is 0 Å². The van der Waals surface area contributed by atoms with Crippen LogP contribution in [0.3, 0.4) is 0 Å². The second-order valence-corrected chi connectivity index (χ2v) is 12.3. The van der Waals surface area contributed by atoms with Gasteiger partial charge in [0, 0.05) is 21.6 Å². The smallest absolute Gasteiger partial charge is 0.282 e. The highest BCUT2D eigenvalue weighted by Gasteiger charge is 2.32. The topological polar surface area (TPSA) is 133 Å². The fourth-order valence-electron chi connectivity index (χ4n) is 3.80. The van der Waals surface area contributed by atoms with Crippen LogP contribution in [0.1, 0.15) is 49.7 Å². The molecule has 0 amide bonds. The van der Waals surface area contributed by atoms with Crippen LogP contribution < -0.4 is 0 Å². The van der Waals surface area contributed by atoms with Gasteiger partial charge in [-0.3, -0.25) is 9.11 Å². The van der Waals surface area contributed by atoms with Gasteiger partial charge in [0.15, 0.2) is 0 Å². The van der Waals surface area contributed by atoms with Crippen molar-refractivity contribution in [3.8, 4) is 0 Å². The summed E-state index contributed by atoms with van der Waals surface area (Å²) in [5.74, 6) is -0.0652. The molecule has 0 spiro atoms. The van der Waals surface area contributed by atoms with Crippen LogP contribution in [0.5, 0.6) is 0 Å². The number of nitrogens with zero attached hydrogens (tertiary/aromatic N) is 2. The SMILES string of the molecule is CCC1C(=NN=C2Sc3cc(S(=O)(=O)O)ccc3C2CC)Sc2cc(S(=O)(=O)O)ccc21. The van der Waals surface area contributed by atoms with Crippen molar-refractivity contribution in [3.63, 3.8) is 0 Å². The number of rotatable bonds is 5. The van der Waals surface area contributed by atoms with Gasteiger partial charge in [0.2, 0.25) is 0 Å². The summed E-state index contributed by atoms with van der Waals surface area (Å²) in [6, 6.07) is 9.05. The summed E-state index contributed by atoms with van der Waals surface area (Å²) in [5, 5.41) is 10.4. The van der Waals surface area contributed by atoms with Gasteiger partial charge in [0.05, 0.1) is 9.79 Å². The van der Waals surface area contributed by atoms with E-state index < -0.39 is 20.2 Å². The molecule has 0 aromatic heterocycles. The van der Waals surface area contributed by atoms with E-state index in [1.807, 2.05) is 13.8 Å². The van der Waals surface area contributed by atoms with Crippen molar-refractivity contribution in [2.24, 2.45) is 10.2 Å². The van der Waals surface area contributed by atoms with Crippen LogP contribution in [0.4, 0.5) is 0 Å². The maximum absolute atomic E-state index is 11.5. The van der Waals surface area contributed by atoms with Gasteiger partial charge in [-0.15, -0.1) is 10.2 Å². The van der Waals surface area contributed by atoms with Crippen LogP contribution >= 0.6 is 23.5 Å². The third-order valence-corrected chi connectivity index (χ3v) is 9.40. The molecule has 2 heterocycles. The summed E-state index contributed by atoms with van der Waals surface area (Å²) in [4.78, 5) is 1.12. The Hall–Kier alpha value is -1.70. The Morgan fingerprint density at radius 1 is 0.750 bits per heavy atom. The van der Waals surface area contributed by atoms with Gasteiger partial charge >= 0.3 is 0 Å². The van der Waals surface area contributed by atoms with Gasteiger partial charge in [-0.25, -0.2) is 0 Å². The lowest BCUT2D eigenvalue weighted by molar-refractivity contribution is 0.480. The normalized spacial score (nSPS) is 23.0. The highest BCUT2D eigenvalue weighted by atomic mass is 32.2. The quantitative estimate of drug-likeness (QED) is 0.431. The lowest BCUT2D eigenvalue weighted by Crippen LogP contribution is -2.04. The van der Waals surface area contributed by atoms with Crippen LogP contribution in [0.25, 0.3) is 0 Å². The lowest BCUT2D eigenvalue weighted by Gasteiger charge is -2.09. The lowest BCUT2D eigenvalue weighted by atomic mass is 9.98. The Bertz CT molecular complexity index is 1260. The minimum absolute atomic E-state index is 0.0326. The molecular weight excluding hydrogens is 492 g/mol. The fourth-order valence-corrected chi connectivity index (χ4v) is 7.48. The highest BCUT2D eigenvalue weighted by Crippen LogP contribution is 2.46. The molecule has 8 nitrogen and oxygen atoms in total. The Morgan fingerprint density at radius 2 is 1.12 bits per heavy atom. The van der Waals surface area contributed by atoms with E-state index in [-0.39, 0.29) is 21.6 Å². The molecule has 12 heteroatoms. The van der Waals surface area contributed by atoms with Gasteiger partial charge < -0.3 is 0 Å². The Kier molecular flexibility index (Phi) is 6.29. The van der Waals surface area contributed by atoms with Crippen molar-refractivity contribution in [2.75, 3.05) is 0 Å². The average molecular weight is 513 g/mol. The molecule has 0 bridgehead atoms. The first-order chi connectivity index (χ1) is 15.0. The van der Waals surface area contributed by atoms with Crippen molar-refractivity contribution in [1.82, 2.24) is 0 Å². The number of hydrogen-bond acceptors (Lipinski definition) is 8. The van der Waals surface area contributed by atoms with E-state index in [0.717, 1.165) is 43.8 Å². The van der Waals surface area contributed by atoms with Crippen LogP contribution in [-0.4, -0.2) is 36.0 Å². The zero-order chi connectivity index (χ0) is 23.3. The van der Waals surface area contributed by atoms with E-state index in [1.54, 1.807) is 12.1 Å². The van der Waals surface area contributed by atoms with Crippen molar-refractivity contribution in [1.29, 1.82) is 0 Å². The van der Waals surface area contributed by atoms with Crippen molar-refractivity contribution < 1.29 is 25.9 Å². The molecule has 2 N–H and O–H groups in total. The fraction of sp³-hybridized carbons (Fsp3) is 0.300. The number of hydrogen-bond donors (Lipinski definition) is 2. The molecule has 32 heavy (non-hydrogen) atoms. The standard InChI is InChI=1S/C20H20N2O6S4/c1-3-13-15-7-5-11(31(23,24)25)9-17(15)29-19(13)21-22-20-14(4-2)16-8-6-12(32(26,27)28)10-18(16)30-20/h5-10,13-14H,3-4H2,1-2H3,(H,23,24,25)(H,26,27,28). The molecule has 0 saturated carbocycles. The van der Waals surface area contributed by atoms with Crippen LogP contribution in [0.15, 0.2) is 66.2 Å². The molecular formula is C20H20N2O6S4. The molecule has 0 aliphatic carbocycles. The van der Waals surface area contributed by atoms with Gasteiger partial charge in [0.25, 0.3) is 20.2 Å². The van der Waals surface area contributed by atoms with E-state index in [4.69, 9.17) is 0 Å². The largest absolute Gasteiger partial charge is 0.294 e. The molecule has 2 aromatic carbocycles. The maximum atomic E-state index is 11.5. The summed E-state index contributed by atoms with van der Waals surface area (Å²) in [6.45, 7) is 4.01. The van der Waals surface area contributed by atoms with Gasteiger partial charge in [-0.05, 0) is 48.2 Å². The monoisotopic (exact) mass is 512 g/mol. The van der Waals surface area contributed by atoms with E-state index in [1.165, 1.54) is 47.8 Å². The summed E-state index contributed by atoms with van der Waals surface area (Å²) in [7, 11) is -8.58. The van der Waals surface area contributed by atoms with Crippen molar-refractivity contribution >= 4 is 53.8 Å². The number of fused-ring (bicyclic) bond motifs is 2. The first kappa shape index (κ1) is 23.5. The first-order valence-electron chi connectivity index (χ1n) is 9.77. The summed E-state index contributed by atoms with van der Waals surface area (Å²) < 4.78 is 64.5. The molecule has 2 unspecified atom stereocenters. The number of thioether (sulfide) groups is 2. The zero-order valence-corrected chi connectivity index (χ0v) is 20.4. The van der Waals surface area contributed by atoms with Crippen LogP contribution in [0, 0.1) is 0 Å². The third kappa shape index (κ3) is 4.39.